The predicted octanol–water partition coefficient (Wildman–Crippen LogP) is 5.09. The van der Waals surface area contributed by atoms with E-state index in [-0.39, 0.29) is 0 Å². The molecule has 1 aromatic rings. The van der Waals surface area contributed by atoms with Crippen LogP contribution in [-0.2, 0) is 6.54 Å². The average Bonchev–Trinajstić information content (AvgIpc) is 2.31. The van der Waals surface area contributed by atoms with Gasteiger partial charge in [0.2, 0.25) is 0 Å². The minimum atomic E-state index is 0.706. The maximum absolute atomic E-state index is 3.67. The molecule has 0 saturated heterocycles. The third-order valence-electron chi connectivity index (χ3n) is 2.63. The molecule has 0 aliphatic carbocycles. The first-order chi connectivity index (χ1) is 8.63. The van der Waals surface area contributed by atoms with Gasteiger partial charge in [-0.2, -0.15) is 0 Å². The number of rotatable bonds is 8. The quantitative estimate of drug-likeness (QED) is 0.526. The first-order valence-corrected chi connectivity index (χ1v) is 8.53. The molecule has 18 heavy (non-hydrogen) atoms. The highest BCUT2D eigenvalue weighted by Gasteiger charge is 2.02. The van der Waals surface area contributed by atoms with Gasteiger partial charge in [0.05, 0.1) is 0 Å². The Kier molecular flexibility index (Phi) is 8.03. The summed E-state index contributed by atoms with van der Waals surface area (Å²) in [6.07, 6.45) is 2.55. The fourth-order valence-corrected chi connectivity index (χ4v) is 3.39. The molecule has 0 amide bonds. The van der Waals surface area contributed by atoms with Gasteiger partial charge in [-0.1, -0.05) is 33.3 Å². The second kappa shape index (κ2) is 9.00. The maximum atomic E-state index is 3.67. The molecule has 0 bridgehead atoms. The zero-order valence-corrected chi connectivity index (χ0v) is 14.0. The van der Waals surface area contributed by atoms with Crippen molar-refractivity contribution in [2.24, 2.45) is 5.92 Å². The van der Waals surface area contributed by atoms with Gasteiger partial charge < -0.3 is 5.32 Å². The molecule has 1 N–H and O–H groups in total. The Morgan fingerprint density at radius 2 is 2.11 bits per heavy atom. The van der Waals surface area contributed by atoms with E-state index in [2.05, 4.69) is 60.2 Å². The van der Waals surface area contributed by atoms with Crippen molar-refractivity contribution in [3.63, 3.8) is 0 Å². The molecule has 0 unspecified atom stereocenters. The van der Waals surface area contributed by atoms with Gasteiger partial charge in [0.1, 0.15) is 0 Å². The Morgan fingerprint density at radius 1 is 1.33 bits per heavy atom. The minimum Gasteiger partial charge on any atom is -0.312 e. The van der Waals surface area contributed by atoms with Gasteiger partial charge in [-0.3, -0.25) is 0 Å². The van der Waals surface area contributed by atoms with Crippen molar-refractivity contribution in [1.29, 1.82) is 0 Å². The minimum absolute atomic E-state index is 0.706. The van der Waals surface area contributed by atoms with Crippen LogP contribution in [-0.4, -0.2) is 12.3 Å². The third-order valence-corrected chi connectivity index (χ3v) is 4.71. The van der Waals surface area contributed by atoms with Crippen molar-refractivity contribution in [3.8, 4) is 0 Å². The molecule has 0 fully saturated rings. The van der Waals surface area contributed by atoms with Crippen LogP contribution in [0.15, 0.2) is 27.6 Å². The van der Waals surface area contributed by atoms with E-state index in [9.17, 15) is 0 Å². The Morgan fingerprint density at radius 3 is 2.72 bits per heavy atom. The fraction of sp³-hybridized carbons (Fsp3) is 0.600. The summed E-state index contributed by atoms with van der Waals surface area (Å²) in [5.41, 5.74) is 1.35. The SMILES string of the molecule is CCCCSc1ccc(CNCC(C)C)cc1Br. The van der Waals surface area contributed by atoms with Gasteiger partial charge in [-0.25, -0.2) is 0 Å². The average molecular weight is 330 g/mol. The van der Waals surface area contributed by atoms with Crippen molar-refractivity contribution in [2.45, 2.75) is 45.1 Å². The van der Waals surface area contributed by atoms with E-state index in [1.807, 2.05) is 11.8 Å². The van der Waals surface area contributed by atoms with Crippen LogP contribution in [0.4, 0.5) is 0 Å². The monoisotopic (exact) mass is 329 g/mol. The highest BCUT2D eigenvalue weighted by atomic mass is 79.9. The highest BCUT2D eigenvalue weighted by Crippen LogP contribution is 2.29. The number of hydrogen-bond acceptors (Lipinski definition) is 2. The molecule has 0 saturated carbocycles. The van der Waals surface area contributed by atoms with Crippen LogP contribution >= 0.6 is 27.7 Å². The van der Waals surface area contributed by atoms with Crippen molar-refractivity contribution < 1.29 is 0 Å². The molecule has 0 aromatic heterocycles. The zero-order valence-electron chi connectivity index (χ0n) is 11.6. The Balaban J connectivity index is 2.45. The Labute approximate surface area is 124 Å². The lowest BCUT2D eigenvalue weighted by Crippen LogP contribution is -2.18. The molecule has 0 aliphatic rings. The van der Waals surface area contributed by atoms with Crippen LogP contribution in [0.25, 0.3) is 0 Å². The summed E-state index contributed by atoms with van der Waals surface area (Å²) >= 11 is 5.61. The molecular formula is C15H24BrNS. The maximum Gasteiger partial charge on any atom is 0.0314 e. The lowest BCUT2D eigenvalue weighted by atomic mass is 10.2. The first kappa shape index (κ1) is 16.1. The summed E-state index contributed by atoms with van der Waals surface area (Å²) in [6, 6.07) is 6.70. The van der Waals surface area contributed by atoms with Crippen molar-refractivity contribution in [1.82, 2.24) is 5.32 Å². The predicted molar refractivity (Wildman–Crippen MR) is 86.3 cm³/mol. The van der Waals surface area contributed by atoms with E-state index in [4.69, 9.17) is 0 Å². The lowest BCUT2D eigenvalue weighted by Gasteiger charge is -2.09. The van der Waals surface area contributed by atoms with Crippen LogP contribution in [0.5, 0.6) is 0 Å². The summed E-state index contributed by atoms with van der Waals surface area (Å²) in [4.78, 5) is 1.36. The standard InChI is InChI=1S/C15H24BrNS/c1-4-5-8-18-15-7-6-13(9-14(15)16)11-17-10-12(2)3/h6-7,9,12,17H,4-5,8,10-11H2,1-3H3. The third kappa shape index (κ3) is 6.26. The van der Waals surface area contributed by atoms with Crippen LogP contribution < -0.4 is 5.32 Å². The van der Waals surface area contributed by atoms with Crippen LogP contribution in [0.3, 0.4) is 0 Å². The molecule has 1 aromatic carbocycles. The van der Waals surface area contributed by atoms with Crippen molar-refractivity contribution in [3.05, 3.63) is 28.2 Å². The number of benzene rings is 1. The second-order valence-electron chi connectivity index (χ2n) is 4.99. The fourth-order valence-electron chi connectivity index (χ4n) is 1.60. The number of nitrogens with one attached hydrogen (secondary N) is 1. The second-order valence-corrected chi connectivity index (χ2v) is 6.98. The van der Waals surface area contributed by atoms with E-state index in [1.54, 1.807) is 0 Å². The normalized spacial score (nSPS) is 11.2. The number of hydrogen-bond donors (Lipinski definition) is 1. The van der Waals surface area contributed by atoms with E-state index in [1.165, 1.54) is 33.5 Å². The molecule has 0 spiro atoms. The smallest absolute Gasteiger partial charge is 0.0314 e. The molecular weight excluding hydrogens is 306 g/mol. The van der Waals surface area contributed by atoms with E-state index < -0.39 is 0 Å². The molecule has 0 aliphatic heterocycles. The van der Waals surface area contributed by atoms with Crippen LogP contribution in [0, 0.1) is 5.92 Å². The summed E-state index contributed by atoms with van der Waals surface area (Å²) < 4.78 is 1.23. The topological polar surface area (TPSA) is 12.0 Å². The molecule has 3 heteroatoms. The van der Waals surface area contributed by atoms with Gasteiger partial charge in [0.15, 0.2) is 0 Å². The Hall–Kier alpha value is 0.01000. The molecule has 1 rings (SSSR count). The molecule has 0 atom stereocenters. The van der Waals surface area contributed by atoms with Gasteiger partial charge in [0.25, 0.3) is 0 Å². The van der Waals surface area contributed by atoms with E-state index in [0.717, 1.165) is 13.1 Å². The zero-order chi connectivity index (χ0) is 13.4. The van der Waals surface area contributed by atoms with Crippen molar-refractivity contribution in [2.75, 3.05) is 12.3 Å². The molecule has 0 heterocycles. The van der Waals surface area contributed by atoms with E-state index in [0.29, 0.717) is 5.92 Å². The van der Waals surface area contributed by atoms with Crippen LogP contribution in [0.2, 0.25) is 0 Å². The summed E-state index contributed by atoms with van der Waals surface area (Å²) in [6.45, 7) is 8.73. The van der Waals surface area contributed by atoms with Gasteiger partial charge >= 0.3 is 0 Å². The van der Waals surface area contributed by atoms with E-state index >= 15 is 0 Å². The largest absolute Gasteiger partial charge is 0.312 e. The number of thioether (sulfide) groups is 1. The van der Waals surface area contributed by atoms with Crippen molar-refractivity contribution >= 4 is 27.7 Å². The van der Waals surface area contributed by atoms with Crippen LogP contribution in [0.1, 0.15) is 39.2 Å². The molecule has 0 radical (unpaired) electrons. The van der Waals surface area contributed by atoms with Gasteiger partial charge in [-0.05, 0) is 58.3 Å². The van der Waals surface area contributed by atoms with Gasteiger partial charge in [-0.15, -0.1) is 11.8 Å². The highest BCUT2D eigenvalue weighted by molar-refractivity contribution is 9.10. The summed E-state index contributed by atoms with van der Waals surface area (Å²) in [7, 11) is 0. The summed E-state index contributed by atoms with van der Waals surface area (Å²) in [5, 5.41) is 3.47. The first-order valence-electron chi connectivity index (χ1n) is 6.75. The summed E-state index contributed by atoms with van der Waals surface area (Å²) in [5.74, 6) is 1.91. The number of halogens is 1. The Bertz CT molecular complexity index is 352. The molecule has 1 nitrogen and oxygen atoms in total. The lowest BCUT2D eigenvalue weighted by molar-refractivity contribution is 0.552. The van der Waals surface area contributed by atoms with Gasteiger partial charge in [0, 0.05) is 15.9 Å². The molecule has 102 valence electrons. The number of unbranched alkanes of at least 4 members (excludes halogenated alkanes) is 1.